The molecule has 66 valence electrons. The molecule has 0 amide bonds. The third-order valence-corrected chi connectivity index (χ3v) is 1.62. The predicted molar refractivity (Wildman–Crippen MR) is 48.9 cm³/mol. The van der Waals surface area contributed by atoms with Gasteiger partial charge in [-0.1, -0.05) is 24.3 Å². The first-order chi connectivity index (χ1) is 5.88. The molecule has 2 rings (SSSR count). The molecule has 1 N–H and O–H groups in total. The smallest absolute Gasteiger partial charge is 0.0726 e. The molecule has 0 bridgehead atoms. The lowest BCUT2D eigenvalue weighted by atomic mass is 10.1. The van der Waals surface area contributed by atoms with E-state index in [9.17, 15) is 0 Å². The predicted octanol–water partition coefficient (Wildman–Crippen LogP) is 1.44. The van der Waals surface area contributed by atoms with Crippen molar-refractivity contribution in [3.63, 3.8) is 0 Å². The first-order valence-electron chi connectivity index (χ1n) is 4.15. The highest BCUT2D eigenvalue weighted by atomic mass is 16.5. The van der Waals surface area contributed by atoms with Crippen molar-refractivity contribution in [1.29, 1.82) is 0 Å². The van der Waals surface area contributed by atoms with Gasteiger partial charge >= 0.3 is 0 Å². The Morgan fingerprint density at radius 3 is 3.00 bits per heavy atom. The SMILES string of the molecule is C1=CC2=CCOCC2=C1.CCO. The molecule has 1 aliphatic heterocycles. The zero-order valence-electron chi connectivity index (χ0n) is 7.29. The number of ether oxygens (including phenoxy) is 1. The Kier molecular flexibility index (Phi) is 3.77. The molecule has 1 aliphatic carbocycles. The molecule has 0 spiro atoms. The van der Waals surface area contributed by atoms with E-state index in [0.29, 0.717) is 0 Å². The molecule has 0 aromatic carbocycles. The highest BCUT2D eigenvalue weighted by molar-refractivity contribution is 5.49. The van der Waals surface area contributed by atoms with E-state index in [1.807, 2.05) is 0 Å². The monoisotopic (exact) mass is 166 g/mol. The summed E-state index contributed by atoms with van der Waals surface area (Å²) in [4.78, 5) is 0. The van der Waals surface area contributed by atoms with Gasteiger partial charge in [0, 0.05) is 6.61 Å². The van der Waals surface area contributed by atoms with Gasteiger partial charge in [-0.25, -0.2) is 0 Å². The molecule has 0 radical (unpaired) electrons. The van der Waals surface area contributed by atoms with Gasteiger partial charge in [0.2, 0.25) is 0 Å². The van der Waals surface area contributed by atoms with Crippen molar-refractivity contribution in [2.45, 2.75) is 6.92 Å². The van der Waals surface area contributed by atoms with Crippen LogP contribution < -0.4 is 0 Å². The molecule has 2 aliphatic rings. The van der Waals surface area contributed by atoms with Crippen LogP contribution in [0, 0.1) is 0 Å². The van der Waals surface area contributed by atoms with Crippen LogP contribution in [0.4, 0.5) is 0 Å². The molecule has 12 heavy (non-hydrogen) atoms. The Hall–Kier alpha value is -0.860. The summed E-state index contributed by atoms with van der Waals surface area (Å²) >= 11 is 0. The van der Waals surface area contributed by atoms with E-state index in [1.54, 1.807) is 6.92 Å². The topological polar surface area (TPSA) is 29.5 Å². The van der Waals surface area contributed by atoms with Crippen LogP contribution in [0.2, 0.25) is 0 Å². The first-order valence-corrected chi connectivity index (χ1v) is 4.15. The molecular weight excluding hydrogens is 152 g/mol. The van der Waals surface area contributed by atoms with Gasteiger partial charge in [-0.3, -0.25) is 0 Å². The molecule has 2 nitrogen and oxygen atoms in total. The molecule has 1 heterocycles. The fraction of sp³-hybridized carbons (Fsp3) is 0.400. The van der Waals surface area contributed by atoms with Crippen molar-refractivity contribution in [2.75, 3.05) is 19.8 Å². The molecule has 0 fully saturated rings. The lowest BCUT2D eigenvalue weighted by Crippen LogP contribution is -2.04. The summed E-state index contributed by atoms with van der Waals surface area (Å²) in [5.41, 5.74) is 2.67. The van der Waals surface area contributed by atoms with Gasteiger partial charge < -0.3 is 9.84 Å². The minimum atomic E-state index is 0.250. The molecule has 0 saturated heterocycles. The molecule has 0 aromatic heterocycles. The van der Waals surface area contributed by atoms with Crippen LogP contribution in [0.25, 0.3) is 0 Å². The Morgan fingerprint density at radius 1 is 1.58 bits per heavy atom. The number of aliphatic hydroxyl groups is 1. The van der Waals surface area contributed by atoms with E-state index in [1.165, 1.54) is 11.1 Å². The van der Waals surface area contributed by atoms with Crippen LogP contribution in [0.15, 0.2) is 35.5 Å². The van der Waals surface area contributed by atoms with E-state index < -0.39 is 0 Å². The average molecular weight is 166 g/mol. The molecule has 0 unspecified atom stereocenters. The van der Waals surface area contributed by atoms with Gasteiger partial charge in [-0.05, 0) is 18.1 Å². The van der Waals surface area contributed by atoms with Gasteiger partial charge in [0.05, 0.1) is 13.2 Å². The zero-order valence-corrected chi connectivity index (χ0v) is 7.29. The maximum atomic E-state index is 7.57. The number of hydrogen-bond acceptors (Lipinski definition) is 2. The summed E-state index contributed by atoms with van der Waals surface area (Å²) in [5.74, 6) is 0. The third-order valence-electron chi connectivity index (χ3n) is 1.62. The fourth-order valence-corrected chi connectivity index (χ4v) is 1.12. The fourth-order valence-electron chi connectivity index (χ4n) is 1.12. The zero-order chi connectivity index (χ0) is 8.81. The number of rotatable bonds is 0. The van der Waals surface area contributed by atoms with Crippen LogP contribution in [-0.2, 0) is 4.74 Å². The first kappa shape index (κ1) is 9.23. The summed E-state index contributed by atoms with van der Waals surface area (Å²) in [6.07, 6.45) is 8.40. The normalized spacial score (nSPS) is 18.8. The second-order valence-electron chi connectivity index (χ2n) is 2.54. The van der Waals surface area contributed by atoms with Crippen LogP contribution in [0.5, 0.6) is 0 Å². The summed E-state index contributed by atoms with van der Waals surface area (Å²) in [7, 11) is 0. The highest BCUT2D eigenvalue weighted by Gasteiger charge is 2.09. The molecule has 0 atom stereocenters. The van der Waals surface area contributed by atoms with Crippen molar-refractivity contribution < 1.29 is 9.84 Å². The van der Waals surface area contributed by atoms with Crippen molar-refractivity contribution in [3.8, 4) is 0 Å². The van der Waals surface area contributed by atoms with E-state index in [4.69, 9.17) is 9.84 Å². The van der Waals surface area contributed by atoms with Gasteiger partial charge in [-0.15, -0.1) is 0 Å². The maximum Gasteiger partial charge on any atom is 0.0726 e. The van der Waals surface area contributed by atoms with Crippen LogP contribution in [-0.4, -0.2) is 24.9 Å². The van der Waals surface area contributed by atoms with Crippen LogP contribution in [0.1, 0.15) is 6.92 Å². The van der Waals surface area contributed by atoms with Crippen molar-refractivity contribution >= 4 is 0 Å². The third kappa shape index (κ3) is 2.32. The van der Waals surface area contributed by atoms with E-state index in [0.717, 1.165) is 13.2 Å². The van der Waals surface area contributed by atoms with E-state index in [-0.39, 0.29) is 6.61 Å². The lowest BCUT2D eigenvalue weighted by molar-refractivity contribution is 0.181. The molecule has 0 aromatic rings. The lowest BCUT2D eigenvalue weighted by Gasteiger charge is -2.10. The summed E-state index contributed by atoms with van der Waals surface area (Å²) in [5, 5.41) is 7.57. The second kappa shape index (κ2) is 4.91. The average Bonchev–Trinajstić information content (AvgIpc) is 2.52. The Labute approximate surface area is 72.9 Å². The second-order valence-corrected chi connectivity index (χ2v) is 2.54. The molecular formula is C10H14O2. The minimum absolute atomic E-state index is 0.250. The molecule has 0 saturated carbocycles. The quantitative estimate of drug-likeness (QED) is 0.590. The Morgan fingerprint density at radius 2 is 2.33 bits per heavy atom. The van der Waals surface area contributed by atoms with Crippen molar-refractivity contribution in [1.82, 2.24) is 0 Å². The number of fused-ring (bicyclic) bond motifs is 1. The van der Waals surface area contributed by atoms with Crippen molar-refractivity contribution in [2.24, 2.45) is 0 Å². The summed E-state index contributed by atoms with van der Waals surface area (Å²) in [6.45, 7) is 3.50. The molecule has 2 heteroatoms. The number of allylic oxidation sites excluding steroid dienone is 3. The standard InChI is InChI=1S/C8H8O.C2H6O/c1-2-7-4-5-9-6-8(7)3-1;1-2-3/h1-4H,5-6H2;3H,2H2,1H3. The van der Waals surface area contributed by atoms with E-state index in [2.05, 4.69) is 24.3 Å². The maximum absolute atomic E-state index is 7.57. The van der Waals surface area contributed by atoms with Gasteiger partial charge in [0.1, 0.15) is 0 Å². The Balaban J connectivity index is 0.000000213. The Bertz CT molecular complexity index is 224. The number of aliphatic hydroxyl groups excluding tert-OH is 1. The van der Waals surface area contributed by atoms with Gasteiger partial charge in [0.25, 0.3) is 0 Å². The van der Waals surface area contributed by atoms with Crippen LogP contribution >= 0.6 is 0 Å². The van der Waals surface area contributed by atoms with Crippen molar-refractivity contribution in [3.05, 3.63) is 35.5 Å². The summed E-state index contributed by atoms with van der Waals surface area (Å²) in [6, 6.07) is 0. The minimum Gasteiger partial charge on any atom is -0.397 e. The summed E-state index contributed by atoms with van der Waals surface area (Å²) < 4.78 is 5.20. The van der Waals surface area contributed by atoms with Crippen LogP contribution in [0.3, 0.4) is 0 Å². The highest BCUT2D eigenvalue weighted by Crippen LogP contribution is 2.20. The van der Waals surface area contributed by atoms with Gasteiger partial charge in [-0.2, -0.15) is 0 Å². The number of hydrogen-bond donors (Lipinski definition) is 1. The largest absolute Gasteiger partial charge is 0.397 e. The van der Waals surface area contributed by atoms with E-state index >= 15 is 0 Å². The van der Waals surface area contributed by atoms with Gasteiger partial charge in [0.15, 0.2) is 0 Å².